The molecule has 1 aliphatic heterocycles. The summed E-state index contributed by atoms with van der Waals surface area (Å²) in [6.45, 7) is 6.10. The Bertz CT molecular complexity index is 446. The quantitative estimate of drug-likeness (QED) is 0.660. The molecule has 0 spiro atoms. The monoisotopic (exact) mass is 250 g/mol. The molecule has 0 aromatic heterocycles. The third-order valence-corrected chi connectivity index (χ3v) is 3.34. The first-order chi connectivity index (χ1) is 8.49. The minimum absolute atomic E-state index is 0.0306. The lowest BCUT2D eigenvalue weighted by molar-refractivity contribution is -0.385. The molecule has 1 aromatic rings. The molecule has 0 bridgehead atoms. The Hall–Kier alpha value is -1.62. The van der Waals surface area contributed by atoms with Crippen LogP contribution in [0, 0.1) is 15.5 Å². The lowest BCUT2D eigenvalue weighted by atomic mass is 9.82. The maximum absolute atomic E-state index is 10.7. The zero-order valence-electron chi connectivity index (χ0n) is 10.7. The van der Waals surface area contributed by atoms with Gasteiger partial charge in [0.1, 0.15) is 11.9 Å². The third-order valence-electron chi connectivity index (χ3n) is 3.34. The summed E-state index contributed by atoms with van der Waals surface area (Å²) in [5.74, 6) is 0.573. The van der Waals surface area contributed by atoms with E-state index in [9.17, 15) is 10.1 Å². The predicted octanol–water partition coefficient (Wildman–Crippen LogP) is 2.36. The van der Waals surface area contributed by atoms with Crippen LogP contribution in [-0.2, 0) is 0 Å². The molecule has 1 fully saturated rings. The number of hydrogen-bond donors (Lipinski definition) is 1. The van der Waals surface area contributed by atoms with E-state index in [-0.39, 0.29) is 17.2 Å². The first kappa shape index (κ1) is 12.8. The molecule has 1 saturated heterocycles. The number of nitrogens with one attached hydrogen (secondary N) is 1. The van der Waals surface area contributed by atoms with Crippen LogP contribution in [0.3, 0.4) is 0 Å². The summed E-state index contributed by atoms with van der Waals surface area (Å²) < 4.78 is 5.92. The number of nitrogens with zero attached hydrogens (tertiary/aromatic N) is 1. The third kappa shape index (κ3) is 2.79. The number of hydrogen-bond acceptors (Lipinski definition) is 4. The number of rotatable bonds is 3. The molecule has 1 heterocycles. The van der Waals surface area contributed by atoms with Crippen molar-refractivity contribution in [2.24, 2.45) is 5.41 Å². The molecule has 1 N–H and O–H groups in total. The Kier molecular flexibility index (Phi) is 3.52. The summed E-state index contributed by atoms with van der Waals surface area (Å²) >= 11 is 0. The molecule has 98 valence electrons. The lowest BCUT2D eigenvalue weighted by Gasteiger charge is -2.38. The highest BCUT2D eigenvalue weighted by atomic mass is 16.6. The minimum atomic E-state index is -0.402. The van der Waals surface area contributed by atoms with E-state index in [0.29, 0.717) is 5.75 Å². The van der Waals surface area contributed by atoms with E-state index in [2.05, 4.69) is 19.2 Å². The summed E-state index contributed by atoms with van der Waals surface area (Å²) in [5.41, 5.74) is 0.0994. The molecular formula is C13H18N2O3. The average Bonchev–Trinajstić information content (AvgIpc) is 2.32. The molecule has 1 aliphatic rings. The van der Waals surface area contributed by atoms with Gasteiger partial charge in [0.25, 0.3) is 5.69 Å². The van der Waals surface area contributed by atoms with E-state index in [0.717, 1.165) is 19.5 Å². The second-order valence-corrected chi connectivity index (χ2v) is 5.31. The van der Waals surface area contributed by atoms with Crippen molar-refractivity contribution in [3.63, 3.8) is 0 Å². The molecule has 1 aromatic carbocycles. The van der Waals surface area contributed by atoms with Crippen molar-refractivity contribution >= 4 is 5.69 Å². The minimum Gasteiger partial charge on any atom is -0.490 e. The highest BCUT2D eigenvalue weighted by molar-refractivity contribution is 5.38. The van der Waals surface area contributed by atoms with E-state index in [4.69, 9.17) is 4.74 Å². The van der Waals surface area contributed by atoms with Gasteiger partial charge < -0.3 is 10.1 Å². The van der Waals surface area contributed by atoms with Crippen molar-refractivity contribution in [3.05, 3.63) is 34.4 Å². The predicted molar refractivity (Wildman–Crippen MR) is 68.8 cm³/mol. The summed E-state index contributed by atoms with van der Waals surface area (Å²) in [7, 11) is 0. The van der Waals surface area contributed by atoms with Gasteiger partial charge in [-0.2, -0.15) is 0 Å². The highest BCUT2D eigenvalue weighted by Crippen LogP contribution is 2.30. The average molecular weight is 250 g/mol. The summed E-state index contributed by atoms with van der Waals surface area (Å²) in [4.78, 5) is 10.3. The number of piperidine rings is 1. The fraction of sp³-hybridized carbons (Fsp3) is 0.538. The fourth-order valence-corrected chi connectivity index (χ4v) is 2.20. The van der Waals surface area contributed by atoms with Gasteiger partial charge in [-0.15, -0.1) is 0 Å². The van der Waals surface area contributed by atoms with Crippen molar-refractivity contribution in [1.29, 1.82) is 0 Å². The van der Waals surface area contributed by atoms with Crippen LogP contribution in [0.1, 0.15) is 20.3 Å². The van der Waals surface area contributed by atoms with E-state index < -0.39 is 4.92 Å². The van der Waals surface area contributed by atoms with Crippen LogP contribution >= 0.6 is 0 Å². The van der Waals surface area contributed by atoms with Crippen molar-refractivity contribution in [2.75, 3.05) is 13.1 Å². The molecule has 0 aliphatic carbocycles. The van der Waals surface area contributed by atoms with Crippen LogP contribution in [0.15, 0.2) is 24.3 Å². The van der Waals surface area contributed by atoms with Crippen LogP contribution in [0.4, 0.5) is 5.69 Å². The van der Waals surface area contributed by atoms with Crippen LogP contribution in [0.25, 0.3) is 0 Å². The lowest BCUT2D eigenvalue weighted by Crippen LogP contribution is -2.48. The van der Waals surface area contributed by atoms with E-state index >= 15 is 0 Å². The smallest absolute Gasteiger partial charge is 0.273 e. The molecule has 0 amide bonds. The molecule has 1 unspecified atom stereocenters. The zero-order valence-corrected chi connectivity index (χ0v) is 10.7. The van der Waals surface area contributed by atoms with Gasteiger partial charge in [0.05, 0.1) is 11.0 Å². The van der Waals surface area contributed by atoms with Gasteiger partial charge in [0, 0.05) is 18.0 Å². The second-order valence-electron chi connectivity index (χ2n) is 5.31. The molecular weight excluding hydrogens is 232 g/mol. The summed E-state index contributed by atoms with van der Waals surface area (Å²) in [6, 6.07) is 6.38. The number of nitro groups is 1. The molecule has 5 nitrogen and oxygen atoms in total. The number of benzene rings is 1. The molecule has 2 rings (SSSR count). The number of non-ortho nitro benzene ring substituents is 1. The van der Waals surface area contributed by atoms with Crippen molar-refractivity contribution in [1.82, 2.24) is 5.32 Å². The standard InChI is InChI=1S/C13H18N2O3/c1-13(2)9-14-7-6-12(13)18-11-5-3-4-10(8-11)15(16)17/h3-5,8,12,14H,6-7,9H2,1-2H3. The Morgan fingerprint density at radius 2 is 2.28 bits per heavy atom. The van der Waals surface area contributed by atoms with Crippen LogP contribution in [-0.4, -0.2) is 24.1 Å². The topological polar surface area (TPSA) is 64.4 Å². The van der Waals surface area contributed by atoms with Crippen molar-refractivity contribution in [2.45, 2.75) is 26.4 Å². The van der Waals surface area contributed by atoms with Crippen LogP contribution in [0.2, 0.25) is 0 Å². The van der Waals surface area contributed by atoms with Gasteiger partial charge in [0.15, 0.2) is 0 Å². The Balaban J connectivity index is 2.13. The van der Waals surface area contributed by atoms with E-state index in [1.54, 1.807) is 12.1 Å². The van der Waals surface area contributed by atoms with Crippen LogP contribution < -0.4 is 10.1 Å². The Morgan fingerprint density at radius 1 is 1.50 bits per heavy atom. The molecule has 0 saturated carbocycles. The highest BCUT2D eigenvalue weighted by Gasteiger charge is 2.34. The Labute approximate surface area is 106 Å². The summed E-state index contributed by atoms with van der Waals surface area (Å²) in [6.07, 6.45) is 0.996. The van der Waals surface area contributed by atoms with Crippen molar-refractivity contribution < 1.29 is 9.66 Å². The first-order valence-electron chi connectivity index (χ1n) is 6.11. The van der Waals surface area contributed by atoms with Gasteiger partial charge in [0.2, 0.25) is 0 Å². The van der Waals surface area contributed by atoms with E-state index in [1.165, 1.54) is 12.1 Å². The van der Waals surface area contributed by atoms with Gasteiger partial charge in [-0.1, -0.05) is 19.9 Å². The maximum Gasteiger partial charge on any atom is 0.273 e. The summed E-state index contributed by atoms with van der Waals surface area (Å²) in [5, 5.41) is 14.0. The maximum atomic E-state index is 10.7. The first-order valence-corrected chi connectivity index (χ1v) is 6.11. The second kappa shape index (κ2) is 4.94. The van der Waals surface area contributed by atoms with Gasteiger partial charge in [-0.3, -0.25) is 10.1 Å². The number of ether oxygens (including phenoxy) is 1. The van der Waals surface area contributed by atoms with Gasteiger partial charge in [-0.25, -0.2) is 0 Å². The fourth-order valence-electron chi connectivity index (χ4n) is 2.20. The van der Waals surface area contributed by atoms with Crippen LogP contribution in [0.5, 0.6) is 5.75 Å². The molecule has 0 radical (unpaired) electrons. The van der Waals surface area contributed by atoms with Gasteiger partial charge >= 0.3 is 0 Å². The molecule has 1 atom stereocenters. The normalized spacial score (nSPS) is 22.4. The molecule has 5 heteroatoms. The number of nitro benzene ring substituents is 1. The Morgan fingerprint density at radius 3 is 2.94 bits per heavy atom. The van der Waals surface area contributed by atoms with Crippen molar-refractivity contribution in [3.8, 4) is 5.75 Å². The zero-order chi connectivity index (χ0) is 13.2. The van der Waals surface area contributed by atoms with Gasteiger partial charge in [-0.05, 0) is 19.0 Å². The largest absolute Gasteiger partial charge is 0.490 e. The SMILES string of the molecule is CC1(C)CNCCC1Oc1cccc([N+](=O)[O-])c1. The molecule has 18 heavy (non-hydrogen) atoms. The van der Waals surface area contributed by atoms with E-state index in [1.807, 2.05) is 0 Å².